The van der Waals surface area contributed by atoms with Gasteiger partial charge < -0.3 is 0 Å². The van der Waals surface area contributed by atoms with Gasteiger partial charge in [-0.3, -0.25) is 0 Å². The molecule has 2 saturated carbocycles. The van der Waals surface area contributed by atoms with Gasteiger partial charge in [-0.15, -0.1) is 0 Å². The van der Waals surface area contributed by atoms with Crippen LogP contribution in [0, 0.1) is 16.7 Å². The molecule has 4 aliphatic carbocycles. The van der Waals surface area contributed by atoms with Gasteiger partial charge in [0.25, 0.3) is 0 Å². The van der Waals surface area contributed by atoms with E-state index in [1.807, 2.05) is 6.08 Å². The molecule has 0 nitrogen and oxygen atoms in total. The van der Waals surface area contributed by atoms with Crippen LogP contribution in [0.4, 0.5) is 0 Å². The molecule has 28 heavy (non-hydrogen) atoms. The van der Waals surface area contributed by atoms with Crippen LogP contribution in [0.25, 0.3) is 0 Å². The maximum absolute atomic E-state index is 7.47. The average molecular weight is 390 g/mol. The summed E-state index contributed by atoms with van der Waals surface area (Å²) in [6.45, 7) is 10.9. The molecule has 4 aliphatic rings. The van der Waals surface area contributed by atoms with Gasteiger partial charge in [-0.25, -0.2) is 0 Å². The van der Waals surface area contributed by atoms with Crippen LogP contribution in [-0.4, -0.2) is 12.6 Å². The van der Waals surface area contributed by atoms with Crippen molar-refractivity contribution in [1.29, 1.82) is 0 Å². The van der Waals surface area contributed by atoms with Gasteiger partial charge in [0.15, 0.2) is 0 Å². The molecule has 4 rings (SSSR count). The highest BCUT2D eigenvalue weighted by Crippen LogP contribution is 2.77. The van der Waals surface area contributed by atoms with Gasteiger partial charge in [-0.1, -0.05) is 68.9 Å². The second kappa shape index (κ2) is 6.83. The second-order valence-corrected chi connectivity index (χ2v) is 10.8. The van der Waals surface area contributed by atoms with Gasteiger partial charge in [0, 0.05) is 10.2 Å². The molecular weight excluding hydrogens is 355 g/mol. The molecule has 0 aromatic heterocycles. The monoisotopic (exact) mass is 390 g/mol. The summed E-state index contributed by atoms with van der Waals surface area (Å²) in [7, 11) is 7.47. The van der Waals surface area contributed by atoms with Crippen LogP contribution < -0.4 is 0 Å². The summed E-state index contributed by atoms with van der Waals surface area (Å²) < 4.78 is -0.106. The van der Waals surface area contributed by atoms with Crippen molar-refractivity contribution in [2.45, 2.75) is 82.2 Å². The van der Waals surface area contributed by atoms with Crippen molar-refractivity contribution in [2.24, 2.45) is 16.7 Å². The van der Waals surface area contributed by atoms with Gasteiger partial charge >= 0.3 is 0 Å². The van der Waals surface area contributed by atoms with Gasteiger partial charge in [-0.05, 0) is 79.7 Å². The Morgan fingerprint density at radius 2 is 2.00 bits per heavy atom. The third-order valence-electron chi connectivity index (χ3n) is 9.08. The lowest BCUT2D eigenvalue weighted by Gasteiger charge is -2.69. The second-order valence-electron chi connectivity index (χ2n) is 10.0. The Morgan fingerprint density at radius 1 is 1.21 bits per heavy atom. The van der Waals surface area contributed by atoms with Crippen molar-refractivity contribution in [3.05, 3.63) is 59.8 Å². The summed E-state index contributed by atoms with van der Waals surface area (Å²) >= 11 is 5.52. The molecule has 0 saturated heterocycles. The molecule has 148 valence electrons. The summed E-state index contributed by atoms with van der Waals surface area (Å²) in [5.41, 5.74) is 4.76. The lowest BCUT2D eigenvalue weighted by Crippen LogP contribution is -2.63. The molecule has 0 aromatic rings. The van der Waals surface area contributed by atoms with Crippen LogP contribution in [0.2, 0.25) is 5.31 Å². The van der Waals surface area contributed by atoms with Crippen LogP contribution in [0.15, 0.2) is 59.8 Å². The first kappa shape index (κ1) is 20.4. The van der Waals surface area contributed by atoms with E-state index in [9.17, 15) is 0 Å². The van der Waals surface area contributed by atoms with Crippen molar-refractivity contribution in [2.75, 3.05) is 0 Å². The number of fused-ring (bicyclic) bond motifs is 5. The van der Waals surface area contributed by atoms with Gasteiger partial charge in [0.2, 0.25) is 0 Å². The molecular formula is C26H35BS. The van der Waals surface area contributed by atoms with E-state index in [0.29, 0.717) is 5.92 Å². The zero-order chi connectivity index (χ0) is 20.2. The topological polar surface area (TPSA) is 0 Å². The van der Waals surface area contributed by atoms with E-state index in [4.69, 9.17) is 20.5 Å². The Kier molecular flexibility index (Phi) is 4.97. The first-order chi connectivity index (χ1) is 13.3. The fourth-order valence-corrected chi connectivity index (χ4v) is 8.04. The number of thiol groups is 1. The molecule has 5 atom stereocenters. The van der Waals surface area contributed by atoms with Crippen LogP contribution in [-0.2, 0) is 0 Å². The van der Waals surface area contributed by atoms with Gasteiger partial charge in [-0.2, -0.15) is 12.6 Å². The lowest BCUT2D eigenvalue weighted by molar-refractivity contribution is 0.0109. The molecule has 0 aliphatic heterocycles. The Morgan fingerprint density at radius 3 is 2.71 bits per heavy atom. The summed E-state index contributed by atoms with van der Waals surface area (Å²) in [6, 6.07) is 0. The molecule has 2 fully saturated rings. The Bertz CT molecular complexity index is 801. The highest BCUT2D eigenvalue weighted by atomic mass is 32.1. The maximum Gasteiger partial charge on any atom is 0.0770 e. The van der Waals surface area contributed by atoms with Crippen molar-refractivity contribution in [3.63, 3.8) is 0 Å². The van der Waals surface area contributed by atoms with E-state index >= 15 is 0 Å². The Labute approximate surface area is 179 Å². The average Bonchev–Trinajstić information content (AvgIpc) is 3.03. The van der Waals surface area contributed by atoms with Crippen molar-refractivity contribution in [1.82, 2.24) is 0 Å². The van der Waals surface area contributed by atoms with Gasteiger partial charge in [0.1, 0.15) is 0 Å². The largest absolute Gasteiger partial charge is 0.172 e. The maximum atomic E-state index is 7.47. The minimum atomic E-state index is -0.216. The van der Waals surface area contributed by atoms with Crippen LogP contribution in [0.5, 0.6) is 0 Å². The van der Waals surface area contributed by atoms with E-state index in [0.717, 1.165) is 25.7 Å². The zero-order valence-corrected chi connectivity index (χ0v) is 18.8. The van der Waals surface area contributed by atoms with Crippen molar-refractivity contribution < 1.29 is 0 Å². The van der Waals surface area contributed by atoms with Crippen LogP contribution in [0.1, 0.15) is 72.1 Å². The summed E-state index contributed by atoms with van der Waals surface area (Å²) in [6.07, 6.45) is 22.7. The summed E-state index contributed by atoms with van der Waals surface area (Å²) in [4.78, 5) is 0. The minimum Gasteiger partial charge on any atom is -0.172 e. The predicted molar refractivity (Wildman–Crippen MR) is 126 cm³/mol. The number of hydrogen-bond acceptors (Lipinski definition) is 1. The van der Waals surface area contributed by atoms with Crippen molar-refractivity contribution in [3.8, 4) is 0 Å². The molecule has 2 heteroatoms. The zero-order valence-electron chi connectivity index (χ0n) is 17.9. The Hall–Kier alpha value is -0.885. The fourth-order valence-electron chi connectivity index (χ4n) is 7.41. The molecule has 0 spiro atoms. The smallest absolute Gasteiger partial charge is 0.0770 e. The highest BCUT2D eigenvalue weighted by molar-refractivity contribution is 7.82. The first-order valence-corrected chi connectivity index (χ1v) is 11.6. The summed E-state index contributed by atoms with van der Waals surface area (Å²) in [5, 5.41) is -0.216. The van der Waals surface area contributed by atoms with Crippen LogP contribution >= 0.6 is 12.6 Å². The van der Waals surface area contributed by atoms with E-state index in [1.54, 1.807) is 5.57 Å². The van der Waals surface area contributed by atoms with Gasteiger partial charge in [0.05, 0.1) is 7.85 Å². The highest BCUT2D eigenvalue weighted by Gasteiger charge is 2.68. The third-order valence-corrected chi connectivity index (χ3v) is 10.2. The molecule has 3 unspecified atom stereocenters. The van der Waals surface area contributed by atoms with E-state index < -0.39 is 0 Å². The number of rotatable bonds is 3. The lowest BCUT2D eigenvalue weighted by atomic mass is 9.34. The fraction of sp³-hybridized carbons (Fsp3) is 0.615. The van der Waals surface area contributed by atoms with Crippen LogP contribution in [0.3, 0.4) is 0 Å². The summed E-state index contributed by atoms with van der Waals surface area (Å²) in [5.74, 6) is 0.466. The third kappa shape index (κ3) is 2.46. The standard InChI is InChI=1S/C26H35BS/c1-5-7-10-19(6-2)21-12-13-22-23(21,3)17-18-26(28)24(4)15-9-8-11-20(24)14-16-25(22,26)27/h5-7,10-12,22,28H,1,8-9,13-18H2,2-4H3/b10-7-,19-6+/t22?,23?,24?,25-,26-/m0/s1. The SMILES string of the molecule is [B][C@]12CCC3=CCCCC3(C)[C@@]1(S)CCC1(C)C(C(/C=C\C=C)=C/C)=CCC12. The molecule has 0 heterocycles. The number of hydrogen-bond donors (Lipinski definition) is 1. The normalized spacial score (nSPS) is 45.7. The molecule has 0 N–H and O–H groups in total. The predicted octanol–water partition coefficient (Wildman–Crippen LogP) is 7.33. The Balaban J connectivity index is 1.75. The number of allylic oxidation sites excluding steroid dienone is 9. The first-order valence-electron chi connectivity index (χ1n) is 11.1. The van der Waals surface area contributed by atoms with E-state index in [-0.39, 0.29) is 20.9 Å². The minimum absolute atomic E-state index is 0.106. The van der Waals surface area contributed by atoms with E-state index in [2.05, 4.69) is 57.7 Å². The molecule has 0 aromatic carbocycles. The quantitative estimate of drug-likeness (QED) is 0.222. The molecule has 0 bridgehead atoms. The molecule has 0 amide bonds. The van der Waals surface area contributed by atoms with Crippen molar-refractivity contribution >= 4 is 20.5 Å². The van der Waals surface area contributed by atoms with E-state index in [1.165, 1.54) is 36.8 Å². The molecule has 2 radical (unpaired) electrons.